The number of hydrogen-bond donors (Lipinski definition) is 2. The van der Waals surface area contributed by atoms with Gasteiger partial charge in [0.1, 0.15) is 6.26 Å². The summed E-state index contributed by atoms with van der Waals surface area (Å²) in [5.41, 5.74) is 6.74. The Kier molecular flexibility index (Phi) is 3.83. The molecule has 6 nitrogen and oxygen atoms in total. The third-order valence-electron chi connectivity index (χ3n) is 2.32. The van der Waals surface area contributed by atoms with Gasteiger partial charge >= 0.3 is 0 Å². The first-order valence-corrected chi connectivity index (χ1v) is 7.65. The molecule has 0 atom stereocenters. The Labute approximate surface area is 115 Å². The predicted octanol–water partition coefficient (Wildman–Crippen LogP) is 1.62. The summed E-state index contributed by atoms with van der Waals surface area (Å²) >= 11 is 1.13. The van der Waals surface area contributed by atoms with E-state index in [9.17, 15) is 8.42 Å². The zero-order valence-electron chi connectivity index (χ0n) is 10.4. The Hall–Kier alpha value is -1.51. The molecule has 0 aliphatic carbocycles. The Morgan fingerprint density at radius 2 is 2.16 bits per heavy atom. The molecule has 0 unspecified atom stereocenters. The van der Waals surface area contributed by atoms with Crippen LogP contribution in [0.5, 0.6) is 0 Å². The molecule has 2 rings (SSSR count). The third-order valence-corrected chi connectivity index (χ3v) is 4.84. The fourth-order valence-electron chi connectivity index (χ4n) is 1.40. The van der Waals surface area contributed by atoms with Crippen LogP contribution in [0.15, 0.2) is 43.9 Å². The quantitative estimate of drug-likeness (QED) is 0.833. The van der Waals surface area contributed by atoms with Crippen LogP contribution in [0, 0.1) is 6.92 Å². The Bertz CT molecular complexity index is 695. The summed E-state index contributed by atoms with van der Waals surface area (Å²) < 4.78 is 31.4. The van der Waals surface area contributed by atoms with Gasteiger partial charge in [0.25, 0.3) is 5.22 Å². The monoisotopic (exact) mass is 299 g/mol. The van der Waals surface area contributed by atoms with Crippen LogP contribution in [0.4, 0.5) is 5.69 Å². The lowest BCUT2D eigenvalue weighted by molar-refractivity contribution is 0.454. The minimum Gasteiger partial charge on any atom is -0.439 e. The molecule has 1 aromatic carbocycles. The smallest absolute Gasteiger partial charge is 0.260 e. The second-order valence-corrected chi connectivity index (χ2v) is 6.62. The number of aromatic nitrogens is 1. The van der Waals surface area contributed by atoms with Crippen LogP contribution in [-0.4, -0.2) is 20.4 Å². The highest BCUT2D eigenvalue weighted by Crippen LogP contribution is 2.33. The summed E-state index contributed by atoms with van der Waals surface area (Å²) in [4.78, 5) is 4.74. The van der Waals surface area contributed by atoms with Gasteiger partial charge in [-0.2, -0.15) is 0 Å². The van der Waals surface area contributed by atoms with Crippen LogP contribution in [-0.2, 0) is 10.0 Å². The molecule has 3 N–H and O–H groups in total. The summed E-state index contributed by atoms with van der Waals surface area (Å²) in [6.45, 7) is 1.79. The number of rotatable bonds is 4. The lowest BCUT2D eigenvalue weighted by atomic mass is 10.3. The maximum Gasteiger partial charge on any atom is 0.260 e. The zero-order valence-corrected chi connectivity index (χ0v) is 12.0. The summed E-state index contributed by atoms with van der Waals surface area (Å²) in [7, 11) is -2.24. The van der Waals surface area contributed by atoms with Crippen molar-refractivity contribution in [3.8, 4) is 0 Å². The number of nitrogens with zero attached hydrogens (tertiary/aromatic N) is 1. The number of anilines is 1. The number of nitrogen functional groups attached to an aromatic ring is 1. The molecule has 0 fully saturated rings. The molecule has 2 aromatic rings. The van der Waals surface area contributed by atoms with E-state index in [4.69, 9.17) is 10.2 Å². The highest BCUT2D eigenvalue weighted by Gasteiger charge is 2.19. The summed E-state index contributed by atoms with van der Waals surface area (Å²) in [6, 6.07) is 4.67. The van der Waals surface area contributed by atoms with E-state index in [2.05, 4.69) is 9.71 Å². The maximum absolute atomic E-state index is 11.9. The van der Waals surface area contributed by atoms with Gasteiger partial charge in [-0.3, -0.25) is 0 Å². The lowest BCUT2D eigenvalue weighted by Gasteiger charge is -2.08. The van der Waals surface area contributed by atoms with Gasteiger partial charge in [0, 0.05) is 10.6 Å². The normalized spacial score (nSPS) is 11.7. The van der Waals surface area contributed by atoms with Crippen LogP contribution in [0.3, 0.4) is 0 Å². The van der Waals surface area contributed by atoms with E-state index in [1.165, 1.54) is 19.4 Å². The highest BCUT2D eigenvalue weighted by molar-refractivity contribution is 8.00. The third kappa shape index (κ3) is 3.09. The molecule has 0 aliphatic rings. The molecular formula is C11H13N3O3S2. The molecule has 19 heavy (non-hydrogen) atoms. The SMILES string of the molecule is CNS(=O)(=O)c1cc(N)ccc1Sc1nc(C)co1. The van der Waals surface area contributed by atoms with Crippen molar-refractivity contribution >= 4 is 27.5 Å². The largest absolute Gasteiger partial charge is 0.439 e. The van der Waals surface area contributed by atoms with Crippen molar-refractivity contribution in [2.24, 2.45) is 0 Å². The minimum atomic E-state index is -3.58. The summed E-state index contributed by atoms with van der Waals surface area (Å²) in [5, 5.41) is 0.384. The van der Waals surface area contributed by atoms with Crippen molar-refractivity contribution < 1.29 is 12.8 Å². The van der Waals surface area contributed by atoms with Crippen molar-refractivity contribution in [2.45, 2.75) is 21.9 Å². The molecule has 0 saturated heterocycles. The van der Waals surface area contributed by atoms with E-state index in [-0.39, 0.29) is 4.90 Å². The van der Waals surface area contributed by atoms with Crippen LogP contribution in [0.2, 0.25) is 0 Å². The van der Waals surface area contributed by atoms with E-state index in [1.807, 2.05) is 0 Å². The average molecular weight is 299 g/mol. The van der Waals surface area contributed by atoms with Crippen LogP contribution in [0.25, 0.3) is 0 Å². The van der Waals surface area contributed by atoms with E-state index < -0.39 is 10.0 Å². The molecule has 1 aromatic heterocycles. The standard InChI is InChI=1S/C11H13N3O3S2/c1-7-6-17-11(14-7)18-9-4-3-8(12)5-10(9)19(15,16)13-2/h3-6,13H,12H2,1-2H3. The van der Waals surface area contributed by atoms with Gasteiger partial charge in [0.15, 0.2) is 0 Å². The number of oxazole rings is 1. The second kappa shape index (κ2) is 5.24. The molecular weight excluding hydrogens is 286 g/mol. The van der Waals surface area contributed by atoms with Gasteiger partial charge in [-0.15, -0.1) is 0 Å². The summed E-state index contributed by atoms with van der Waals surface area (Å²) in [6.07, 6.45) is 1.51. The second-order valence-electron chi connectivity index (χ2n) is 3.77. The Morgan fingerprint density at radius 1 is 1.42 bits per heavy atom. The van der Waals surface area contributed by atoms with Gasteiger partial charge in [-0.1, -0.05) is 0 Å². The molecule has 0 aliphatic heterocycles. The molecule has 8 heteroatoms. The summed E-state index contributed by atoms with van der Waals surface area (Å²) in [5.74, 6) is 0. The van der Waals surface area contributed by atoms with Crippen molar-refractivity contribution in [3.63, 3.8) is 0 Å². The Morgan fingerprint density at radius 3 is 2.74 bits per heavy atom. The first kappa shape index (κ1) is 13.9. The maximum atomic E-state index is 11.9. The molecule has 0 saturated carbocycles. The van der Waals surface area contributed by atoms with Crippen molar-refractivity contribution in [1.29, 1.82) is 0 Å². The molecule has 0 radical (unpaired) electrons. The number of hydrogen-bond acceptors (Lipinski definition) is 6. The fourth-order valence-corrected chi connectivity index (χ4v) is 3.47. The number of aryl methyl sites for hydroxylation is 1. The van der Waals surface area contributed by atoms with Gasteiger partial charge in [0.2, 0.25) is 10.0 Å². The zero-order chi connectivity index (χ0) is 14.0. The number of sulfonamides is 1. The highest BCUT2D eigenvalue weighted by atomic mass is 32.2. The number of nitrogens with one attached hydrogen (secondary N) is 1. The average Bonchev–Trinajstić information content (AvgIpc) is 2.77. The van der Waals surface area contributed by atoms with Gasteiger partial charge in [-0.25, -0.2) is 18.1 Å². The van der Waals surface area contributed by atoms with E-state index in [1.54, 1.807) is 19.1 Å². The predicted molar refractivity (Wildman–Crippen MR) is 72.5 cm³/mol. The minimum absolute atomic E-state index is 0.107. The molecule has 0 bridgehead atoms. The molecule has 0 amide bonds. The molecule has 0 spiro atoms. The number of nitrogens with two attached hydrogens (primary N) is 1. The first-order valence-electron chi connectivity index (χ1n) is 5.35. The van der Waals surface area contributed by atoms with E-state index >= 15 is 0 Å². The Balaban J connectivity index is 2.46. The van der Waals surface area contributed by atoms with Crippen LogP contribution < -0.4 is 10.5 Å². The first-order chi connectivity index (χ1) is 8.92. The van der Waals surface area contributed by atoms with Crippen molar-refractivity contribution in [2.75, 3.05) is 12.8 Å². The van der Waals surface area contributed by atoms with Gasteiger partial charge in [0.05, 0.1) is 10.6 Å². The topological polar surface area (TPSA) is 98.2 Å². The lowest BCUT2D eigenvalue weighted by Crippen LogP contribution is -2.19. The van der Waals surface area contributed by atoms with Crippen LogP contribution >= 0.6 is 11.8 Å². The van der Waals surface area contributed by atoms with Crippen molar-refractivity contribution in [3.05, 3.63) is 30.2 Å². The van der Waals surface area contributed by atoms with Gasteiger partial charge in [-0.05, 0) is 43.9 Å². The number of benzene rings is 1. The molecule has 1 heterocycles. The van der Waals surface area contributed by atoms with Gasteiger partial charge < -0.3 is 10.2 Å². The van der Waals surface area contributed by atoms with Crippen molar-refractivity contribution in [1.82, 2.24) is 9.71 Å². The van der Waals surface area contributed by atoms with E-state index in [0.717, 1.165) is 17.5 Å². The van der Waals surface area contributed by atoms with E-state index in [0.29, 0.717) is 15.8 Å². The fraction of sp³-hybridized carbons (Fsp3) is 0.182. The molecule has 102 valence electrons. The van der Waals surface area contributed by atoms with Crippen LogP contribution in [0.1, 0.15) is 5.69 Å².